The standard InChI is InChI=1S/C13H20BrNO3S/c1-12(2,3)15-19(17,18)9-13(4,16)10-5-7-11(14)8-6-10/h5-8,15-16H,9H2,1-4H3. The summed E-state index contributed by atoms with van der Waals surface area (Å²) >= 11 is 3.30. The van der Waals surface area contributed by atoms with Gasteiger partial charge in [-0.2, -0.15) is 0 Å². The van der Waals surface area contributed by atoms with E-state index in [-0.39, 0.29) is 5.75 Å². The SMILES string of the molecule is CC(C)(C)NS(=O)(=O)CC(C)(O)c1ccc(Br)cc1. The lowest BCUT2D eigenvalue weighted by Crippen LogP contribution is -2.45. The first-order valence-electron chi connectivity index (χ1n) is 5.91. The van der Waals surface area contributed by atoms with E-state index in [2.05, 4.69) is 20.7 Å². The van der Waals surface area contributed by atoms with Crippen LogP contribution in [-0.4, -0.2) is 24.8 Å². The molecule has 0 amide bonds. The number of aliphatic hydroxyl groups is 1. The van der Waals surface area contributed by atoms with Crippen molar-refractivity contribution < 1.29 is 13.5 Å². The maximum atomic E-state index is 12.0. The van der Waals surface area contributed by atoms with Crippen molar-refractivity contribution in [3.05, 3.63) is 34.3 Å². The Morgan fingerprint density at radius 2 is 1.63 bits per heavy atom. The normalized spacial score (nSPS) is 16.1. The van der Waals surface area contributed by atoms with Crippen molar-refractivity contribution in [2.75, 3.05) is 5.75 Å². The fourth-order valence-corrected chi connectivity index (χ4v) is 3.94. The molecule has 0 fully saturated rings. The van der Waals surface area contributed by atoms with Crippen LogP contribution in [0.25, 0.3) is 0 Å². The molecular weight excluding hydrogens is 330 g/mol. The van der Waals surface area contributed by atoms with Crippen LogP contribution in [0.5, 0.6) is 0 Å². The van der Waals surface area contributed by atoms with Gasteiger partial charge in [-0.25, -0.2) is 13.1 Å². The fraction of sp³-hybridized carbons (Fsp3) is 0.538. The van der Waals surface area contributed by atoms with Crippen LogP contribution in [0.2, 0.25) is 0 Å². The molecule has 1 rings (SSSR count). The Bertz CT molecular complexity index is 530. The van der Waals surface area contributed by atoms with Crippen LogP contribution in [0.15, 0.2) is 28.7 Å². The number of nitrogens with one attached hydrogen (secondary N) is 1. The summed E-state index contributed by atoms with van der Waals surface area (Å²) in [5.74, 6) is -0.376. The number of sulfonamides is 1. The van der Waals surface area contributed by atoms with Crippen LogP contribution >= 0.6 is 15.9 Å². The van der Waals surface area contributed by atoms with Gasteiger partial charge >= 0.3 is 0 Å². The maximum Gasteiger partial charge on any atom is 0.215 e. The largest absolute Gasteiger partial charge is 0.384 e. The third-order valence-corrected chi connectivity index (χ3v) is 4.79. The van der Waals surface area contributed by atoms with Crippen molar-refractivity contribution in [1.82, 2.24) is 4.72 Å². The van der Waals surface area contributed by atoms with Crippen LogP contribution < -0.4 is 4.72 Å². The summed E-state index contributed by atoms with van der Waals surface area (Å²) in [4.78, 5) is 0. The second-order valence-corrected chi connectivity index (χ2v) is 8.53. The Morgan fingerprint density at radius 3 is 2.05 bits per heavy atom. The van der Waals surface area contributed by atoms with E-state index in [9.17, 15) is 13.5 Å². The second kappa shape index (κ2) is 5.52. The predicted molar refractivity (Wildman–Crippen MR) is 80.4 cm³/mol. The minimum absolute atomic E-state index is 0.376. The first-order chi connectivity index (χ1) is 8.41. The summed E-state index contributed by atoms with van der Waals surface area (Å²) in [5, 5.41) is 10.4. The van der Waals surface area contributed by atoms with Gasteiger partial charge in [0.15, 0.2) is 0 Å². The summed E-state index contributed by atoms with van der Waals surface area (Å²) < 4.78 is 27.5. The first kappa shape index (κ1) is 16.6. The van der Waals surface area contributed by atoms with E-state index in [0.29, 0.717) is 5.56 Å². The minimum Gasteiger partial charge on any atom is -0.384 e. The average Bonchev–Trinajstić information content (AvgIpc) is 2.11. The van der Waals surface area contributed by atoms with E-state index in [1.165, 1.54) is 6.92 Å². The van der Waals surface area contributed by atoms with Gasteiger partial charge in [-0.1, -0.05) is 28.1 Å². The summed E-state index contributed by atoms with van der Waals surface area (Å²) in [6, 6.07) is 6.95. The summed E-state index contributed by atoms with van der Waals surface area (Å²) in [6.45, 7) is 6.79. The number of benzene rings is 1. The van der Waals surface area contributed by atoms with Crippen molar-refractivity contribution in [2.45, 2.75) is 38.8 Å². The molecule has 0 aliphatic heterocycles. The van der Waals surface area contributed by atoms with E-state index in [0.717, 1.165) is 4.47 Å². The highest BCUT2D eigenvalue weighted by Crippen LogP contribution is 2.24. The summed E-state index contributed by atoms with van der Waals surface area (Å²) in [7, 11) is -3.57. The Hall–Kier alpha value is -0.430. The molecule has 0 aliphatic carbocycles. The van der Waals surface area contributed by atoms with Crippen LogP contribution in [-0.2, 0) is 15.6 Å². The number of hydrogen-bond acceptors (Lipinski definition) is 3. The minimum atomic E-state index is -3.57. The van der Waals surface area contributed by atoms with Gasteiger partial charge in [0.25, 0.3) is 0 Å². The number of hydrogen-bond donors (Lipinski definition) is 2. The highest BCUT2D eigenvalue weighted by atomic mass is 79.9. The molecule has 108 valence electrons. The maximum absolute atomic E-state index is 12.0. The Labute approximate surface area is 123 Å². The highest BCUT2D eigenvalue weighted by Gasteiger charge is 2.32. The molecule has 0 spiro atoms. The van der Waals surface area contributed by atoms with Gasteiger partial charge in [0.2, 0.25) is 10.0 Å². The Morgan fingerprint density at radius 1 is 1.16 bits per heavy atom. The van der Waals surface area contributed by atoms with Crippen molar-refractivity contribution in [1.29, 1.82) is 0 Å². The molecule has 1 unspecified atom stereocenters. The lowest BCUT2D eigenvalue weighted by Gasteiger charge is -2.27. The number of halogens is 1. The second-order valence-electron chi connectivity index (χ2n) is 5.89. The van der Waals surface area contributed by atoms with Gasteiger partial charge < -0.3 is 5.11 Å². The molecule has 0 saturated carbocycles. The van der Waals surface area contributed by atoms with Gasteiger partial charge in [-0.05, 0) is 45.4 Å². The van der Waals surface area contributed by atoms with Crippen molar-refractivity contribution in [2.24, 2.45) is 0 Å². The van der Waals surface area contributed by atoms with E-state index < -0.39 is 21.2 Å². The molecular formula is C13H20BrNO3S. The quantitative estimate of drug-likeness (QED) is 0.876. The zero-order chi connectivity index (χ0) is 14.9. The molecule has 1 aromatic rings. The monoisotopic (exact) mass is 349 g/mol. The topological polar surface area (TPSA) is 66.4 Å². The van der Waals surface area contributed by atoms with Gasteiger partial charge in [-0.3, -0.25) is 0 Å². The molecule has 1 atom stereocenters. The third kappa shape index (κ3) is 5.60. The molecule has 19 heavy (non-hydrogen) atoms. The smallest absolute Gasteiger partial charge is 0.215 e. The molecule has 0 aromatic heterocycles. The summed E-state index contributed by atoms with van der Waals surface area (Å²) in [5.41, 5.74) is -1.43. The lowest BCUT2D eigenvalue weighted by atomic mass is 9.99. The zero-order valence-corrected chi connectivity index (χ0v) is 14.0. The zero-order valence-electron chi connectivity index (χ0n) is 11.6. The molecule has 0 saturated heterocycles. The molecule has 1 aromatic carbocycles. The van der Waals surface area contributed by atoms with Crippen LogP contribution in [0.4, 0.5) is 0 Å². The van der Waals surface area contributed by atoms with Gasteiger partial charge in [0.1, 0.15) is 5.60 Å². The summed E-state index contributed by atoms with van der Waals surface area (Å²) in [6.07, 6.45) is 0. The first-order valence-corrected chi connectivity index (χ1v) is 8.36. The molecule has 0 radical (unpaired) electrons. The molecule has 0 bridgehead atoms. The molecule has 4 nitrogen and oxygen atoms in total. The molecule has 0 heterocycles. The lowest BCUT2D eigenvalue weighted by molar-refractivity contribution is 0.0815. The van der Waals surface area contributed by atoms with Crippen molar-refractivity contribution >= 4 is 26.0 Å². The molecule has 0 aliphatic rings. The number of rotatable bonds is 4. The van der Waals surface area contributed by atoms with Gasteiger partial charge in [0, 0.05) is 10.0 Å². The van der Waals surface area contributed by atoms with Crippen molar-refractivity contribution in [3.63, 3.8) is 0 Å². The van der Waals surface area contributed by atoms with E-state index >= 15 is 0 Å². The Kier molecular flexibility index (Phi) is 4.83. The van der Waals surface area contributed by atoms with E-state index in [4.69, 9.17) is 0 Å². The van der Waals surface area contributed by atoms with Crippen LogP contribution in [0.1, 0.15) is 33.3 Å². The van der Waals surface area contributed by atoms with E-state index in [1.54, 1.807) is 45.0 Å². The molecule has 2 N–H and O–H groups in total. The van der Waals surface area contributed by atoms with E-state index in [1.807, 2.05) is 0 Å². The van der Waals surface area contributed by atoms with Gasteiger partial charge in [0.05, 0.1) is 5.75 Å². The van der Waals surface area contributed by atoms with Crippen LogP contribution in [0.3, 0.4) is 0 Å². The van der Waals surface area contributed by atoms with Crippen molar-refractivity contribution in [3.8, 4) is 0 Å². The molecule has 6 heteroatoms. The Balaban J connectivity index is 2.93. The third-order valence-electron chi connectivity index (χ3n) is 2.40. The van der Waals surface area contributed by atoms with Gasteiger partial charge in [-0.15, -0.1) is 0 Å². The fourth-order valence-electron chi connectivity index (χ4n) is 1.76. The predicted octanol–water partition coefficient (Wildman–Crippen LogP) is 2.37. The highest BCUT2D eigenvalue weighted by molar-refractivity contribution is 9.10. The van der Waals surface area contributed by atoms with Crippen LogP contribution in [0, 0.1) is 0 Å². The average molecular weight is 350 g/mol.